The number of hydrogen-bond acceptors (Lipinski definition) is 4. The summed E-state index contributed by atoms with van der Waals surface area (Å²) in [6.45, 7) is 3.98. The Hall–Kier alpha value is -0.950. The maximum Gasteiger partial charge on any atom is 0.245 e. The molecule has 0 bridgehead atoms. The number of rotatable bonds is 4. The first-order valence-corrected chi connectivity index (χ1v) is 9.98. The number of hydrogen-bond donors (Lipinski definition) is 0. The minimum atomic E-state index is -3.49. The van der Waals surface area contributed by atoms with E-state index in [1.807, 2.05) is 6.07 Å². The van der Waals surface area contributed by atoms with Gasteiger partial charge in [0.2, 0.25) is 10.0 Å². The fourth-order valence-electron chi connectivity index (χ4n) is 3.80. The van der Waals surface area contributed by atoms with Crippen LogP contribution in [0.4, 0.5) is 0 Å². The van der Waals surface area contributed by atoms with Gasteiger partial charge in [0.25, 0.3) is 0 Å². The van der Waals surface area contributed by atoms with Crippen LogP contribution in [0.5, 0.6) is 0 Å². The largest absolute Gasteiger partial charge is 0.358 e. The third-order valence-corrected chi connectivity index (χ3v) is 7.26. The van der Waals surface area contributed by atoms with Crippen LogP contribution >= 0.6 is 0 Å². The van der Waals surface area contributed by atoms with Crippen LogP contribution in [0, 0.1) is 5.92 Å². The van der Waals surface area contributed by atoms with Crippen LogP contribution in [-0.2, 0) is 14.8 Å². The van der Waals surface area contributed by atoms with Gasteiger partial charge in [0, 0.05) is 39.0 Å². The second-order valence-electron chi connectivity index (χ2n) is 6.93. The summed E-state index contributed by atoms with van der Waals surface area (Å²) < 4.78 is 33.6. The summed E-state index contributed by atoms with van der Waals surface area (Å²) in [5.41, 5.74) is -0.630. The third kappa shape index (κ3) is 2.93. The Morgan fingerprint density at radius 3 is 2.43 bits per heavy atom. The van der Waals surface area contributed by atoms with Crippen molar-refractivity contribution in [2.24, 2.45) is 5.92 Å². The van der Waals surface area contributed by atoms with Gasteiger partial charge < -0.3 is 9.64 Å². The van der Waals surface area contributed by atoms with Crippen LogP contribution in [0.3, 0.4) is 0 Å². The molecule has 0 aromatic heterocycles. The fraction of sp³-hybridized carbons (Fsp3) is 0.647. The van der Waals surface area contributed by atoms with Crippen LogP contribution in [0.1, 0.15) is 25.7 Å². The summed E-state index contributed by atoms with van der Waals surface area (Å²) in [4.78, 5) is 2.84. The highest BCUT2D eigenvalue weighted by Gasteiger charge is 2.50. The highest BCUT2D eigenvalue weighted by Crippen LogP contribution is 2.39. The van der Waals surface area contributed by atoms with Gasteiger partial charge in [0.15, 0.2) is 0 Å². The van der Waals surface area contributed by atoms with Gasteiger partial charge in [-0.1, -0.05) is 18.2 Å². The summed E-state index contributed by atoms with van der Waals surface area (Å²) in [7, 11) is -3.49. The zero-order chi connectivity index (χ0) is 15.9. The lowest BCUT2D eigenvalue weighted by molar-refractivity contribution is -0.0910. The Bertz CT molecular complexity index is 650. The average Bonchev–Trinajstić information content (AvgIpc) is 3.29. The predicted molar refractivity (Wildman–Crippen MR) is 87.4 cm³/mol. The normalized spacial score (nSPS) is 25.9. The van der Waals surface area contributed by atoms with Crippen molar-refractivity contribution in [3.63, 3.8) is 0 Å². The lowest BCUT2D eigenvalue weighted by Crippen LogP contribution is -2.55. The molecule has 1 spiro atoms. The van der Waals surface area contributed by atoms with Crippen molar-refractivity contribution in [3.05, 3.63) is 30.3 Å². The van der Waals surface area contributed by atoms with Gasteiger partial charge in [-0.15, -0.1) is 0 Å². The molecule has 3 aliphatic rings. The molecule has 0 unspecified atom stereocenters. The summed E-state index contributed by atoms with van der Waals surface area (Å²) >= 11 is 0. The predicted octanol–water partition coefficient (Wildman–Crippen LogP) is 1.91. The summed E-state index contributed by atoms with van der Waals surface area (Å²) in [6, 6.07) is 8.72. The topological polar surface area (TPSA) is 49.9 Å². The van der Waals surface area contributed by atoms with Gasteiger partial charge >= 0.3 is 0 Å². The molecule has 126 valence electrons. The molecule has 1 aliphatic carbocycles. The van der Waals surface area contributed by atoms with E-state index in [0.29, 0.717) is 18.0 Å². The molecule has 1 aromatic carbocycles. The van der Waals surface area contributed by atoms with Gasteiger partial charge in [0.05, 0.1) is 11.5 Å². The van der Waals surface area contributed by atoms with Gasteiger partial charge in [0.1, 0.15) is 5.72 Å². The van der Waals surface area contributed by atoms with Crippen LogP contribution in [0.15, 0.2) is 35.2 Å². The summed E-state index contributed by atoms with van der Waals surface area (Å²) in [5.74, 6) is 0.873. The number of likely N-dealkylation sites (tertiary alicyclic amines) is 1. The molecule has 0 atom stereocenters. The van der Waals surface area contributed by atoms with Crippen molar-refractivity contribution in [1.82, 2.24) is 9.21 Å². The van der Waals surface area contributed by atoms with Crippen molar-refractivity contribution in [2.75, 3.05) is 32.8 Å². The quantitative estimate of drug-likeness (QED) is 0.843. The first-order valence-electron chi connectivity index (χ1n) is 8.54. The Morgan fingerprint density at radius 1 is 1.09 bits per heavy atom. The van der Waals surface area contributed by atoms with E-state index in [4.69, 9.17) is 4.74 Å². The maximum absolute atomic E-state index is 13.0. The molecule has 2 aliphatic heterocycles. The van der Waals surface area contributed by atoms with E-state index >= 15 is 0 Å². The van der Waals surface area contributed by atoms with Crippen LogP contribution in [-0.4, -0.2) is 56.1 Å². The highest BCUT2D eigenvalue weighted by atomic mass is 32.2. The standard InChI is InChI=1S/C17H24N2O3S/c20-23(21,16-4-2-1-3-5-16)19-12-13-22-17(19)8-10-18(11-9-17)14-15-6-7-15/h1-5,15H,6-14H2. The minimum absolute atomic E-state index is 0.366. The Kier molecular flexibility index (Phi) is 3.96. The molecule has 1 aromatic rings. The van der Waals surface area contributed by atoms with Crippen molar-refractivity contribution in [2.45, 2.75) is 36.3 Å². The molecule has 1 saturated carbocycles. The Balaban J connectivity index is 1.52. The zero-order valence-corrected chi connectivity index (χ0v) is 14.2. The van der Waals surface area contributed by atoms with Crippen molar-refractivity contribution in [1.29, 1.82) is 0 Å². The second kappa shape index (κ2) is 5.84. The summed E-state index contributed by atoms with van der Waals surface area (Å²) in [5, 5.41) is 0. The van der Waals surface area contributed by atoms with E-state index in [-0.39, 0.29) is 0 Å². The molecule has 23 heavy (non-hydrogen) atoms. The van der Waals surface area contributed by atoms with E-state index in [0.717, 1.165) is 31.8 Å². The molecule has 0 N–H and O–H groups in total. The third-order valence-electron chi connectivity index (χ3n) is 5.30. The molecule has 3 fully saturated rings. The van der Waals surface area contributed by atoms with Crippen molar-refractivity contribution >= 4 is 10.0 Å². The molecule has 0 amide bonds. The molecular formula is C17H24N2O3S. The molecule has 2 saturated heterocycles. The lowest BCUT2D eigenvalue weighted by Gasteiger charge is -2.42. The zero-order valence-electron chi connectivity index (χ0n) is 13.4. The number of benzene rings is 1. The van der Waals surface area contributed by atoms with E-state index in [1.54, 1.807) is 28.6 Å². The first kappa shape index (κ1) is 15.6. The molecule has 4 rings (SSSR count). The molecule has 0 radical (unpaired) electrons. The molecule has 5 nitrogen and oxygen atoms in total. The van der Waals surface area contributed by atoms with Gasteiger partial charge in [-0.3, -0.25) is 0 Å². The van der Waals surface area contributed by atoms with E-state index in [9.17, 15) is 8.42 Å². The van der Waals surface area contributed by atoms with Gasteiger partial charge in [-0.2, -0.15) is 4.31 Å². The second-order valence-corrected chi connectivity index (χ2v) is 8.79. The van der Waals surface area contributed by atoms with Gasteiger partial charge in [-0.05, 0) is 30.9 Å². The number of sulfonamides is 1. The Labute approximate surface area is 138 Å². The number of nitrogens with zero attached hydrogens (tertiary/aromatic N) is 2. The van der Waals surface area contributed by atoms with Gasteiger partial charge in [-0.25, -0.2) is 8.42 Å². The number of piperidine rings is 1. The monoisotopic (exact) mass is 336 g/mol. The van der Waals surface area contributed by atoms with E-state index < -0.39 is 15.7 Å². The molecule has 2 heterocycles. The van der Waals surface area contributed by atoms with Crippen LogP contribution in [0.2, 0.25) is 0 Å². The SMILES string of the molecule is O=S(=O)(c1ccccc1)N1CCOC12CCN(CC1CC1)CC2. The maximum atomic E-state index is 13.0. The van der Waals surface area contributed by atoms with Crippen LogP contribution in [0.25, 0.3) is 0 Å². The van der Waals surface area contributed by atoms with E-state index in [2.05, 4.69) is 4.90 Å². The lowest BCUT2D eigenvalue weighted by atomic mass is 10.0. The first-order chi connectivity index (χ1) is 11.1. The van der Waals surface area contributed by atoms with Crippen molar-refractivity contribution in [3.8, 4) is 0 Å². The smallest absolute Gasteiger partial charge is 0.245 e. The number of ether oxygens (including phenoxy) is 1. The minimum Gasteiger partial charge on any atom is -0.358 e. The molecule has 6 heteroatoms. The average molecular weight is 336 g/mol. The molecular weight excluding hydrogens is 312 g/mol. The van der Waals surface area contributed by atoms with Crippen LogP contribution < -0.4 is 0 Å². The van der Waals surface area contributed by atoms with Crippen molar-refractivity contribution < 1.29 is 13.2 Å². The fourth-order valence-corrected chi connectivity index (χ4v) is 5.54. The Morgan fingerprint density at radius 2 is 1.78 bits per heavy atom. The highest BCUT2D eigenvalue weighted by molar-refractivity contribution is 7.89. The van der Waals surface area contributed by atoms with E-state index in [1.165, 1.54) is 19.4 Å². The summed E-state index contributed by atoms with van der Waals surface area (Å²) in [6.07, 6.45) is 4.25.